The number of aromatic nitrogens is 4. The van der Waals surface area contributed by atoms with Crippen molar-refractivity contribution in [2.45, 2.75) is 25.3 Å². The molecule has 0 amide bonds. The molecule has 6 nitrogen and oxygen atoms in total. The van der Waals surface area contributed by atoms with Crippen LogP contribution in [0.5, 0.6) is 0 Å². The molecule has 4 rings (SSSR count). The van der Waals surface area contributed by atoms with Crippen LogP contribution in [0.3, 0.4) is 0 Å². The minimum Gasteiger partial charge on any atom is -0.382 e. The molecular weight excluding hydrogens is 312 g/mol. The Bertz CT molecular complexity index is 924. The van der Waals surface area contributed by atoms with Crippen LogP contribution in [0.25, 0.3) is 10.2 Å². The van der Waals surface area contributed by atoms with Gasteiger partial charge in [0, 0.05) is 25.2 Å². The summed E-state index contributed by atoms with van der Waals surface area (Å²) < 4.78 is 8.82. The second-order valence-electron chi connectivity index (χ2n) is 5.85. The number of ether oxygens (including phenoxy) is 1. The van der Waals surface area contributed by atoms with Crippen LogP contribution in [0.4, 0.5) is 0 Å². The van der Waals surface area contributed by atoms with Crippen molar-refractivity contribution < 1.29 is 4.74 Å². The molecule has 0 radical (unpaired) electrons. The molecule has 120 valence electrons. The number of thiophene rings is 1. The molecule has 0 unspecified atom stereocenters. The van der Waals surface area contributed by atoms with Crippen LogP contribution >= 0.6 is 11.3 Å². The van der Waals surface area contributed by atoms with Crippen LogP contribution in [-0.2, 0) is 24.6 Å². The van der Waals surface area contributed by atoms with Crippen molar-refractivity contribution in [3.05, 3.63) is 45.1 Å². The van der Waals surface area contributed by atoms with E-state index in [0.29, 0.717) is 6.61 Å². The number of hydrogen-bond acceptors (Lipinski definition) is 5. The van der Waals surface area contributed by atoms with Crippen molar-refractivity contribution in [2.75, 3.05) is 13.7 Å². The van der Waals surface area contributed by atoms with E-state index in [0.717, 1.165) is 35.2 Å². The molecule has 3 heterocycles. The molecule has 3 aromatic rings. The van der Waals surface area contributed by atoms with Crippen molar-refractivity contribution in [2.24, 2.45) is 7.05 Å². The fraction of sp³-hybridized carbons (Fsp3) is 0.438. The third-order valence-electron chi connectivity index (χ3n) is 4.51. The number of aryl methyl sites for hydroxylation is 3. The van der Waals surface area contributed by atoms with Crippen LogP contribution in [-0.4, -0.2) is 33.0 Å². The van der Waals surface area contributed by atoms with Crippen molar-refractivity contribution >= 4 is 21.6 Å². The Morgan fingerprint density at radius 1 is 1.43 bits per heavy atom. The van der Waals surface area contributed by atoms with Gasteiger partial charge in [0.2, 0.25) is 0 Å². The van der Waals surface area contributed by atoms with Crippen LogP contribution < -0.4 is 5.56 Å². The molecule has 1 atom stereocenters. The summed E-state index contributed by atoms with van der Waals surface area (Å²) in [6.45, 7) is 0.402. The Kier molecular flexibility index (Phi) is 3.54. The van der Waals surface area contributed by atoms with Gasteiger partial charge in [-0.3, -0.25) is 14.0 Å². The maximum Gasteiger partial charge on any atom is 0.263 e. The van der Waals surface area contributed by atoms with Crippen molar-refractivity contribution in [3.8, 4) is 0 Å². The first-order valence-corrected chi connectivity index (χ1v) is 8.50. The first-order valence-electron chi connectivity index (χ1n) is 7.69. The molecule has 0 bridgehead atoms. The average molecular weight is 330 g/mol. The number of rotatable bonds is 4. The largest absolute Gasteiger partial charge is 0.382 e. The van der Waals surface area contributed by atoms with Gasteiger partial charge in [-0.25, -0.2) is 4.98 Å². The van der Waals surface area contributed by atoms with Gasteiger partial charge in [0.25, 0.3) is 5.56 Å². The van der Waals surface area contributed by atoms with Crippen LogP contribution in [0.1, 0.15) is 28.6 Å². The molecule has 1 aliphatic rings. The molecular formula is C16H18N4O2S. The fourth-order valence-corrected chi connectivity index (χ4v) is 4.62. The molecule has 0 fully saturated rings. The summed E-state index contributed by atoms with van der Waals surface area (Å²) in [6.07, 6.45) is 6.56. The molecule has 1 aliphatic carbocycles. The topological polar surface area (TPSA) is 61.9 Å². The summed E-state index contributed by atoms with van der Waals surface area (Å²) in [5, 5.41) is 5.01. The Balaban J connectivity index is 1.92. The zero-order valence-electron chi connectivity index (χ0n) is 13.2. The molecule has 0 aromatic carbocycles. The highest BCUT2D eigenvalue weighted by Gasteiger charge is 2.24. The minimum absolute atomic E-state index is 0.0256. The van der Waals surface area contributed by atoms with Crippen LogP contribution in [0.2, 0.25) is 0 Å². The average Bonchev–Trinajstić information content (AvgIpc) is 3.21. The van der Waals surface area contributed by atoms with Gasteiger partial charge in [0.1, 0.15) is 10.9 Å². The third-order valence-corrected chi connectivity index (χ3v) is 5.71. The normalized spacial score (nSPS) is 15.2. The maximum absolute atomic E-state index is 13.1. The lowest BCUT2D eigenvalue weighted by molar-refractivity contribution is 0.164. The number of hydrogen-bond donors (Lipinski definition) is 0. The first kappa shape index (κ1) is 14.6. The van der Waals surface area contributed by atoms with E-state index < -0.39 is 0 Å². The predicted molar refractivity (Wildman–Crippen MR) is 89.1 cm³/mol. The third kappa shape index (κ3) is 2.22. The summed E-state index contributed by atoms with van der Waals surface area (Å²) in [5.74, 6) is 0. The van der Waals surface area contributed by atoms with E-state index in [-0.39, 0.29) is 11.6 Å². The Labute approximate surface area is 137 Å². The standard InChI is InChI=1S/C16H18N4O2S/c1-19-11(6-7-18-19)12(8-22-2)20-9-17-15-14(16(20)21)10-4-3-5-13(10)23-15/h6-7,9,12H,3-5,8H2,1-2H3/t12-/m1/s1. The van der Waals surface area contributed by atoms with Crippen LogP contribution in [0.15, 0.2) is 23.4 Å². The minimum atomic E-state index is -0.228. The van der Waals surface area contributed by atoms with Gasteiger partial charge in [-0.05, 0) is 30.9 Å². The molecule has 23 heavy (non-hydrogen) atoms. The smallest absolute Gasteiger partial charge is 0.263 e. The van der Waals surface area contributed by atoms with E-state index in [1.807, 2.05) is 13.1 Å². The van der Waals surface area contributed by atoms with E-state index >= 15 is 0 Å². The van der Waals surface area contributed by atoms with Gasteiger partial charge in [0.05, 0.1) is 24.0 Å². The SMILES string of the molecule is COC[C@H](c1ccnn1C)n1cnc2sc3c(c2c1=O)CCC3. The summed E-state index contributed by atoms with van der Waals surface area (Å²) in [5.41, 5.74) is 2.16. The molecule has 3 aromatic heterocycles. The highest BCUT2D eigenvalue weighted by molar-refractivity contribution is 7.18. The monoisotopic (exact) mass is 330 g/mol. The highest BCUT2D eigenvalue weighted by Crippen LogP contribution is 2.34. The first-order chi connectivity index (χ1) is 11.2. The van der Waals surface area contributed by atoms with E-state index in [2.05, 4.69) is 10.1 Å². The second-order valence-corrected chi connectivity index (χ2v) is 6.93. The zero-order valence-corrected chi connectivity index (χ0v) is 14.0. The number of fused-ring (bicyclic) bond motifs is 3. The lowest BCUT2D eigenvalue weighted by Crippen LogP contribution is -2.30. The van der Waals surface area contributed by atoms with Gasteiger partial charge in [-0.1, -0.05) is 0 Å². The maximum atomic E-state index is 13.1. The molecule has 0 spiro atoms. The molecule has 0 saturated carbocycles. The molecule has 0 aliphatic heterocycles. The Hall–Kier alpha value is -1.99. The highest BCUT2D eigenvalue weighted by atomic mass is 32.1. The van der Waals surface area contributed by atoms with Gasteiger partial charge in [-0.15, -0.1) is 11.3 Å². The molecule has 0 N–H and O–H groups in total. The lowest BCUT2D eigenvalue weighted by Gasteiger charge is -2.19. The quantitative estimate of drug-likeness (QED) is 0.733. The van der Waals surface area contributed by atoms with Crippen LogP contribution in [0, 0.1) is 0 Å². The lowest BCUT2D eigenvalue weighted by atomic mass is 10.1. The summed E-state index contributed by atoms with van der Waals surface area (Å²) in [6, 6.07) is 1.69. The van der Waals surface area contributed by atoms with E-state index in [1.165, 1.54) is 10.4 Å². The predicted octanol–water partition coefficient (Wildman–Crippen LogP) is 1.92. The number of methoxy groups -OCH3 is 1. The molecule has 7 heteroatoms. The van der Waals surface area contributed by atoms with Crippen molar-refractivity contribution in [1.29, 1.82) is 0 Å². The summed E-state index contributed by atoms with van der Waals surface area (Å²) >= 11 is 1.66. The van der Waals surface area contributed by atoms with Gasteiger partial charge >= 0.3 is 0 Å². The second kappa shape index (κ2) is 5.58. The van der Waals surface area contributed by atoms with Gasteiger partial charge in [0.15, 0.2) is 0 Å². The van der Waals surface area contributed by atoms with E-state index in [9.17, 15) is 4.79 Å². The van der Waals surface area contributed by atoms with Crippen molar-refractivity contribution in [3.63, 3.8) is 0 Å². The van der Waals surface area contributed by atoms with Crippen molar-refractivity contribution in [1.82, 2.24) is 19.3 Å². The molecule has 0 saturated heterocycles. The van der Waals surface area contributed by atoms with Gasteiger partial charge < -0.3 is 4.74 Å². The van der Waals surface area contributed by atoms with E-state index in [4.69, 9.17) is 4.74 Å². The van der Waals surface area contributed by atoms with E-state index in [1.54, 1.807) is 40.2 Å². The Morgan fingerprint density at radius 2 is 2.30 bits per heavy atom. The summed E-state index contributed by atoms with van der Waals surface area (Å²) in [4.78, 5) is 19.8. The zero-order chi connectivity index (χ0) is 16.0. The Morgan fingerprint density at radius 3 is 3.04 bits per heavy atom. The van der Waals surface area contributed by atoms with Gasteiger partial charge in [-0.2, -0.15) is 5.10 Å². The number of nitrogens with zero attached hydrogens (tertiary/aromatic N) is 4. The summed E-state index contributed by atoms with van der Waals surface area (Å²) in [7, 11) is 3.51. The fourth-order valence-electron chi connectivity index (χ4n) is 3.40.